The first-order valence-electron chi connectivity index (χ1n) is 12.6. The van der Waals surface area contributed by atoms with Gasteiger partial charge in [-0.2, -0.15) is 0 Å². The summed E-state index contributed by atoms with van der Waals surface area (Å²) < 4.78 is 23.2. The summed E-state index contributed by atoms with van der Waals surface area (Å²) in [5.41, 5.74) is 2.94. The molecule has 8 nitrogen and oxygen atoms in total. The van der Waals surface area contributed by atoms with Crippen molar-refractivity contribution in [1.82, 2.24) is 14.5 Å². The van der Waals surface area contributed by atoms with Crippen molar-refractivity contribution in [2.75, 3.05) is 41.5 Å². The van der Waals surface area contributed by atoms with E-state index in [1.54, 1.807) is 51.5 Å². The molecule has 4 rings (SSSR count). The maximum absolute atomic E-state index is 13.2. The zero-order valence-corrected chi connectivity index (χ0v) is 22.5. The molecule has 200 valence electrons. The van der Waals surface area contributed by atoms with Crippen molar-refractivity contribution in [3.8, 4) is 23.0 Å². The van der Waals surface area contributed by atoms with E-state index in [2.05, 4.69) is 40.2 Å². The van der Waals surface area contributed by atoms with Crippen molar-refractivity contribution in [2.45, 2.75) is 25.9 Å². The van der Waals surface area contributed by atoms with Crippen LogP contribution in [0, 0.1) is 0 Å². The Morgan fingerprint density at radius 2 is 1.45 bits per heavy atom. The number of fused-ring (bicyclic) bond motifs is 1. The van der Waals surface area contributed by atoms with Gasteiger partial charge >= 0.3 is 0 Å². The van der Waals surface area contributed by atoms with Crippen LogP contribution < -0.4 is 24.5 Å². The fraction of sp³-hybridized carbons (Fsp3) is 0.333. The molecule has 0 amide bonds. The third-order valence-electron chi connectivity index (χ3n) is 6.62. The molecule has 3 aromatic carbocycles. The predicted molar refractivity (Wildman–Crippen MR) is 149 cm³/mol. The van der Waals surface area contributed by atoms with Crippen molar-refractivity contribution in [2.24, 2.45) is 0 Å². The van der Waals surface area contributed by atoms with Crippen LogP contribution in [0.2, 0.25) is 0 Å². The molecule has 0 unspecified atom stereocenters. The molecule has 0 aliphatic rings. The van der Waals surface area contributed by atoms with E-state index in [1.807, 2.05) is 18.2 Å². The minimum absolute atomic E-state index is 0.0871. The predicted octanol–water partition coefficient (Wildman–Crippen LogP) is 4.57. The van der Waals surface area contributed by atoms with Gasteiger partial charge in [0.05, 0.1) is 45.7 Å². The number of hydrogen-bond acceptors (Lipinski definition) is 7. The number of hydrogen-bond donors (Lipinski definition) is 0. The molecule has 1 heterocycles. The molecule has 1 aromatic heterocycles. The van der Waals surface area contributed by atoms with Crippen LogP contribution in [0.5, 0.6) is 23.0 Å². The molecular weight excluding hydrogens is 482 g/mol. The highest BCUT2D eigenvalue weighted by molar-refractivity contribution is 5.81. The average Bonchev–Trinajstić information content (AvgIpc) is 2.96. The van der Waals surface area contributed by atoms with Gasteiger partial charge in [0.2, 0.25) is 0 Å². The van der Waals surface area contributed by atoms with Crippen LogP contribution in [-0.4, -0.2) is 56.0 Å². The Morgan fingerprint density at radius 3 is 2.16 bits per heavy atom. The summed E-state index contributed by atoms with van der Waals surface area (Å²) >= 11 is 0. The number of benzene rings is 3. The fourth-order valence-electron chi connectivity index (χ4n) is 4.54. The van der Waals surface area contributed by atoms with Crippen molar-refractivity contribution in [3.05, 3.63) is 88.5 Å². The lowest BCUT2D eigenvalue weighted by Crippen LogP contribution is -2.29. The molecular formula is C30H35N3O5. The van der Waals surface area contributed by atoms with Gasteiger partial charge in [-0.05, 0) is 42.2 Å². The molecule has 0 fully saturated rings. The summed E-state index contributed by atoms with van der Waals surface area (Å²) in [7, 11) is 6.42. The molecule has 0 radical (unpaired) electrons. The van der Waals surface area contributed by atoms with E-state index in [0.717, 1.165) is 44.0 Å². The summed E-state index contributed by atoms with van der Waals surface area (Å²) in [6.07, 6.45) is 3.28. The summed E-state index contributed by atoms with van der Waals surface area (Å²) in [5.74, 6) is 2.52. The van der Waals surface area contributed by atoms with Gasteiger partial charge in [-0.25, -0.2) is 4.98 Å². The molecule has 0 spiro atoms. The molecule has 0 aliphatic carbocycles. The Morgan fingerprint density at radius 1 is 0.763 bits per heavy atom. The van der Waals surface area contributed by atoms with Crippen molar-refractivity contribution in [1.29, 1.82) is 0 Å². The largest absolute Gasteiger partial charge is 0.493 e. The Balaban J connectivity index is 1.46. The van der Waals surface area contributed by atoms with Gasteiger partial charge in [-0.15, -0.1) is 0 Å². The minimum atomic E-state index is -0.0871. The van der Waals surface area contributed by atoms with E-state index < -0.39 is 0 Å². The third kappa shape index (κ3) is 6.44. The SMILES string of the molecule is COc1ccc(CCN(CCCn2cnc3cc(OC)c(OC)cc3c2=O)Cc2ccccc2)cc1OC. The Labute approximate surface area is 223 Å². The van der Waals surface area contributed by atoms with Crippen molar-refractivity contribution >= 4 is 10.9 Å². The lowest BCUT2D eigenvalue weighted by molar-refractivity contribution is 0.259. The third-order valence-corrected chi connectivity index (χ3v) is 6.62. The van der Waals surface area contributed by atoms with E-state index in [0.29, 0.717) is 28.9 Å². The lowest BCUT2D eigenvalue weighted by Gasteiger charge is -2.23. The van der Waals surface area contributed by atoms with Crippen LogP contribution >= 0.6 is 0 Å². The van der Waals surface area contributed by atoms with Crippen LogP contribution in [0.25, 0.3) is 10.9 Å². The Hall–Kier alpha value is -4.04. The van der Waals surface area contributed by atoms with E-state index >= 15 is 0 Å². The lowest BCUT2D eigenvalue weighted by atomic mass is 10.1. The molecule has 0 aliphatic heterocycles. The summed E-state index contributed by atoms with van der Waals surface area (Å²) in [4.78, 5) is 20.1. The van der Waals surface area contributed by atoms with Gasteiger partial charge in [0.25, 0.3) is 5.56 Å². The highest BCUT2D eigenvalue weighted by Crippen LogP contribution is 2.30. The van der Waals surface area contributed by atoms with Crippen LogP contribution in [0.3, 0.4) is 0 Å². The van der Waals surface area contributed by atoms with E-state index in [9.17, 15) is 4.79 Å². The molecule has 0 saturated carbocycles. The van der Waals surface area contributed by atoms with Crippen LogP contribution in [0.1, 0.15) is 17.5 Å². The van der Waals surface area contributed by atoms with Crippen molar-refractivity contribution in [3.63, 3.8) is 0 Å². The standard InChI is InChI=1S/C30H35N3O5/c1-35-26-12-11-22(17-27(26)36-2)13-16-32(20-23-9-6-5-7-10-23)14-8-15-33-21-31-25-19-29(38-4)28(37-3)18-24(25)30(33)34/h5-7,9-12,17-19,21H,8,13-16,20H2,1-4H3. The topological polar surface area (TPSA) is 75.0 Å². The second-order valence-corrected chi connectivity index (χ2v) is 9.02. The molecule has 0 bridgehead atoms. The number of aromatic nitrogens is 2. The summed E-state index contributed by atoms with van der Waals surface area (Å²) in [6.45, 7) is 3.10. The maximum atomic E-state index is 13.2. The number of ether oxygens (including phenoxy) is 4. The van der Waals surface area contributed by atoms with Crippen molar-refractivity contribution < 1.29 is 18.9 Å². The molecule has 8 heteroatoms. The van der Waals surface area contributed by atoms with Gasteiger partial charge < -0.3 is 18.9 Å². The first-order valence-corrected chi connectivity index (χ1v) is 12.6. The van der Waals surface area contributed by atoms with E-state index in [-0.39, 0.29) is 5.56 Å². The summed E-state index contributed by atoms with van der Waals surface area (Å²) in [6, 6.07) is 19.9. The highest BCUT2D eigenvalue weighted by Gasteiger charge is 2.13. The summed E-state index contributed by atoms with van der Waals surface area (Å²) in [5, 5.41) is 0.514. The fourth-order valence-corrected chi connectivity index (χ4v) is 4.54. The molecule has 0 N–H and O–H groups in total. The van der Waals surface area contributed by atoms with Crippen LogP contribution in [0.15, 0.2) is 71.8 Å². The van der Waals surface area contributed by atoms with Gasteiger partial charge in [-0.3, -0.25) is 14.3 Å². The zero-order valence-electron chi connectivity index (χ0n) is 22.5. The highest BCUT2D eigenvalue weighted by atomic mass is 16.5. The Kier molecular flexibility index (Phi) is 9.21. The second kappa shape index (κ2) is 13.0. The average molecular weight is 518 g/mol. The van der Waals surface area contributed by atoms with Gasteiger partial charge in [0, 0.05) is 32.2 Å². The van der Waals surface area contributed by atoms with E-state index in [4.69, 9.17) is 18.9 Å². The van der Waals surface area contributed by atoms with E-state index in [1.165, 1.54) is 11.1 Å². The van der Waals surface area contributed by atoms with Gasteiger partial charge in [-0.1, -0.05) is 36.4 Å². The normalized spacial score (nSPS) is 11.1. The molecule has 0 atom stereocenters. The first kappa shape index (κ1) is 27.0. The van der Waals surface area contributed by atoms with Gasteiger partial charge in [0.15, 0.2) is 23.0 Å². The molecule has 38 heavy (non-hydrogen) atoms. The Bertz CT molecular complexity index is 1400. The molecule has 0 saturated heterocycles. The molecule has 4 aromatic rings. The number of rotatable bonds is 13. The second-order valence-electron chi connectivity index (χ2n) is 9.02. The zero-order chi connectivity index (χ0) is 26.9. The number of aryl methyl sites for hydroxylation is 1. The van der Waals surface area contributed by atoms with Crippen LogP contribution in [0.4, 0.5) is 0 Å². The first-order chi connectivity index (χ1) is 18.6. The minimum Gasteiger partial charge on any atom is -0.493 e. The number of nitrogens with zero attached hydrogens (tertiary/aromatic N) is 3. The van der Waals surface area contributed by atoms with Crippen LogP contribution in [-0.2, 0) is 19.5 Å². The smallest absolute Gasteiger partial charge is 0.261 e. The maximum Gasteiger partial charge on any atom is 0.261 e. The van der Waals surface area contributed by atoms with Gasteiger partial charge in [0.1, 0.15) is 0 Å². The number of methoxy groups -OCH3 is 4. The monoisotopic (exact) mass is 517 g/mol. The quantitative estimate of drug-likeness (QED) is 0.257.